The van der Waals surface area contributed by atoms with Crippen LogP contribution in [-0.4, -0.2) is 4.57 Å². The molecule has 1 saturated carbocycles. The molecule has 0 unspecified atom stereocenters. The van der Waals surface area contributed by atoms with Gasteiger partial charge in [-0.25, -0.2) is 0 Å². The van der Waals surface area contributed by atoms with Crippen LogP contribution in [0.4, 0.5) is 0 Å². The summed E-state index contributed by atoms with van der Waals surface area (Å²) in [7, 11) is 0. The Hall–Kier alpha value is -1.57. The van der Waals surface area contributed by atoms with Crippen LogP contribution in [0.3, 0.4) is 0 Å². The quantitative estimate of drug-likeness (QED) is 0.744. The van der Waals surface area contributed by atoms with Gasteiger partial charge in [0.15, 0.2) is 0 Å². The van der Waals surface area contributed by atoms with E-state index >= 15 is 0 Å². The van der Waals surface area contributed by atoms with Gasteiger partial charge in [-0.2, -0.15) is 0 Å². The Morgan fingerprint density at radius 1 is 1.11 bits per heavy atom. The number of aromatic nitrogens is 1. The molecule has 1 aromatic carbocycles. The Balaban J connectivity index is 2.24. The Labute approximate surface area is 107 Å². The number of hydrogen-bond donors (Lipinski definition) is 0. The third kappa shape index (κ3) is 1.86. The fourth-order valence-corrected chi connectivity index (χ4v) is 3.18. The zero-order valence-electron chi connectivity index (χ0n) is 10.9. The summed E-state index contributed by atoms with van der Waals surface area (Å²) in [4.78, 5) is 12.3. The van der Waals surface area contributed by atoms with Crippen molar-refractivity contribution < 1.29 is 0 Å². The van der Waals surface area contributed by atoms with Crippen molar-refractivity contribution >= 4 is 10.9 Å². The van der Waals surface area contributed by atoms with Gasteiger partial charge in [0.1, 0.15) is 0 Å². The van der Waals surface area contributed by atoms with Crippen LogP contribution in [-0.2, 0) is 0 Å². The van der Waals surface area contributed by atoms with E-state index in [1.54, 1.807) is 6.07 Å². The predicted molar refractivity (Wildman–Crippen MR) is 75.1 cm³/mol. The maximum absolute atomic E-state index is 12.3. The molecule has 0 aliphatic heterocycles. The van der Waals surface area contributed by atoms with Gasteiger partial charge in [-0.05, 0) is 31.4 Å². The van der Waals surface area contributed by atoms with Crippen molar-refractivity contribution in [2.75, 3.05) is 0 Å². The Kier molecular flexibility index (Phi) is 2.94. The third-order valence-electron chi connectivity index (χ3n) is 4.11. The SMILES string of the molecule is Cc1cc(=O)n(C2CCCCC2)c2ccccc12. The summed E-state index contributed by atoms with van der Waals surface area (Å²) in [6.45, 7) is 2.02. The molecule has 0 spiro atoms. The molecular weight excluding hydrogens is 222 g/mol. The van der Waals surface area contributed by atoms with Crippen LogP contribution in [0.5, 0.6) is 0 Å². The van der Waals surface area contributed by atoms with E-state index in [2.05, 4.69) is 12.1 Å². The second kappa shape index (κ2) is 4.60. The highest BCUT2D eigenvalue weighted by Crippen LogP contribution is 2.29. The van der Waals surface area contributed by atoms with Crippen molar-refractivity contribution in [3.63, 3.8) is 0 Å². The molecule has 2 nitrogen and oxygen atoms in total. The first-order valence-electron chi connectivity index (χ1n) is 6.88. The van der Waals surface area contributed by atoms with E-state index in [1.807, 2.05) is 23.6 Å². The summed E-state index contributed by atoms with van der Waals surface area (Å²) in [5, 5.41) is 1.21. The molecule has 18 heavy (non-hydrogen) atoms. The smallest absolute Gasteiger partial charge is 0.251 e. The lowest BCUT2D eigenvalue weighted by atomic mass is 9.94. The van der Waals surface area contributed by atoms with Gasteiger partial charge in [0.25, 0.3) is 5.56 Å². The highest BCUT2D eigenvalue weighted by molar-refractivity contribution is 5.82. The zero-order chi connectivity index (χ0) is 12.5. The maximum Gasteiger partial charge on any atom is 0.251 e. The van der Waals surface area contributed by atoms with E-state index in [0.29, 0.717) is 6.04 Å². The molecule has 1 heterocycles. The first kappa shape index (κ1) is 11.5. The fraction of sp³-hybridized carbons (Fsp3) is 0.438. The lowest BCUT2D eigenvalue weighted by molar-refractivity contribution is 0.354. The molecule has 1 fully saturated rings. The summed E-state index contributed by atoms with van der Waals surface area (Å²) < 4.78 is 2.03. The van der Waals surface area contributed by atoms with Gasteiger partial charge >= 0.3 is 0 Å². The molecule has 0 amide bonds. The van der Waals surface area contributed by atoms with Crippen LogP contribution in [0.25, 0.3) is 10.9 Å². The Bertz CT molecular complexity index is 621. The summed E-state index contributed by atoms with van der Waals surface area (Å²) >= 11 is 0. The van der Waals surface area contributed by atoms with Crippen molar-refractivity contribution in [1.82, 2.24) is 4.57 Å². The maximum atomic E-state index is 12.3. The average molecular weight is 241 g/mol. The van der Waals surface area contributed by atoms with Crippen molar-refractivity contribution in [2.45, 2.75) is 45.1 Å². The van der Waals surface area contributed by atoms with Gasteiger partial charge in [-0.15, -0.1) is 0 Å². The second-order valence-electron chi connectivity index (χ2n) is 5.34. The molecule has 0 atom stereocenters. The number of pyridine rings is 1. The van der Waals surface area contributed by atoms with Crippen molar-refractivity contribution in [3.8, 4) is 0 Å². The van der Waals surface area contributed by atoms with Gasteiger partial charge < -0.3 is 4.57 Å². The van der Waals surface area contributed by atoms with Crippen LogP contribution >= 0.6 is 0 Å². The standard InChI is InChI=1S/C16H19NO/c1-12-11-16(18)17(13-7-3-2-4-8-13)15-10-6-5-9-14(12)15/h5-6,9-11,13H,2-4,7-8H2,1H3. The summed E-state index contributed by atoms with van der Waals surface area (Å²) in [5.74, 6) is 0. The van der Waals surface area contributed by atoms with E-state index in [1.165, 1.54) is 24.6 Å². The molecule has 0 N–H and O–H groups in total. The fourth-order valence-electron chi connectivity index (χ4n) is 3.18. The lowest BCUT2D eigenvalue weighted by Gasteiger charge is -2.25. The topological polar surface area (TPSA) is 22.0 Å². The summed E-state index contributed by atoms with van der Waals surface area (Å²) in [5.41, 5.74) is 2.36. The first-order chi connectivity index (χ1) is 8.77. The molecule has 0 saturated heterocycles. The summed E-state index contributed by atoms with van der Waals surface area (Å²) in [6.07, 6.45) is 6.10. The third-order valence-corrected chi connectivity index (χ3v) is 4.11. The number of para-hydroxylation sites is 1. The Morgan fingerprint density at radius 2 is 1.83 bits per heavy atom. The minimum atomic E-state index is 0.165. The molecular formula is C16H19NO. The highest BCUT2D eigenvalue weighted by atomic mass is 16.1. The largest absolute Gasteiger partial charge is 0.305 e. The van der Waals surface area contributed by atoms with Gasteiger partial charge in [0.05, 0.1) is 5.52 Å². The first-order valence-corrected chi connectivity index (χ1v) is 6.88. The van der Waals surface area contributed by atoms with E-state index in [9.17, 15) is 4.79 Å². The second-order valence-corrected chi connectivity index (χ2v) is 5.34. The van der Waals surface area contributed by atoms with Crippen LogP contribution < -0.4 is 5.56 Å². The van der Waals surface area contributed by atoms with Gasteiger partial charge in [-0.3, -0.25) is 4.79 Å². The minimum Gasteiger partial charge on any atom is -0.305 e. The molecule has 1 aliphatic rings. The van der Waals surface area contributed by atoms with E-state index in [0.717, 1.165) is 23.9 Å². The van der Waals surface area contributed by atoms with Gasteiger partial charge in [0.2, 0.25) is 0 Å². The molecule has 2 heteroatoms. The molecule has 0 bridgehead atoms. The Morgan fingerprint density at radius 3 is 2.61 bits per heavy atom. The number of hydrogen-bond acceptors (Lipinski definition) is 1. The van der Waals surface area contributed by atoms with Gasteiger partial charge in [0, 0.05) is 17.5 Å². The van der Waals surface area contributed by atoms with Crippen LogP contribution in [0.2, 0.25) is 0 Å². The molecule has 1 aliphatic carbocycles. The lowest BCUT2D eigenvalue weighted by Crippen LogP contribution is -2.26. The molecule has 0 radical (unpaired) electrons. The molecule has 2 aromatic rings. The monoisotopic (exact) mass is 241 g/mol. The molecule has 1 aromatic heterocycles. The number of rotatable bonds is 1. The van der Waals surface area contributed by atoms with Crippen LogP contribution in [0.15, 0.2) is 35.1 Å². The van der Waals surface area contributed by atoms with E-state index < -0.39 is 0 Å². The van der Waals surface area contributed by atoms with Gasteiger partial charge in [-0.1, -0.05) is 37.5 Å². The van der Waals surface area contributed by atoms with Crippen molar-refractivity contribution in [1.29, 1.82) is 0 Å². The predicted octanol–water partition coefficient (Wildman–Crippen LogP) is 3.82. The average Bonchev–Trinajstić information content (AvgIpc) is 2.40. The van der Waals surface area contributed by atoms with E-state index in [4.69, 9.17) is 0 Å². The minimum absolute atomic E-state index is 0.165. The number of fused-ring (bicyclic) bond motifs is 1. The normalized spacial score (nSPS) is 17.2. The number of aryl methyl sites for hydroxylation is 1. The number of benzene rings is 1. The number of nitrogens with zero attached hydrogens (tertiary/aromatic N) is 1. The van der Waals surface area contributed by atoms with E-state index in [-0.39, 0.29) is 5.56 Å². The van der Waals surface area contributed by atoms with Crippen LogP contribution in [0.1, 0.15) is 43.7 Å². The van der Waals surface area contributed by atoms with Crippen molar-refractivity contribution in [2.24, 2.45) is 0 Å². The molecule has 94 valence electrons. The molecule has 3 rings (SSSR count). The van der Waals surface area contributed by atoms with Crippen LogP contribution in [0, 0.1) is 6.92 Å². The highest BCUT2D eigenvalue weighted by Gasteiger charge is 2.18. The van der Waals surface area contributed by atoms with Crippen molar-refractivity contribution in [3.05, 3.63) is 46.2 Å². The summed E-state index contributed by atoms with van der Waals surface area (Å²) in [6, 6.07) is 10.5. The zero-order valence-corrected chi connectivity index (χ0v) is 10.9.